The highest BCUT2D eigenvalue weighted by atomic mass is 19.1. The van der Waals surface area contributed by atoms with E-state index in [1.165, 1.54) is 5.56 Å². The summed E-state index contributed by atoms with van der Waals surface area (Å²) in [6.07, 6.45) is 3.27. The minimum absolute atomic E-state index is 0.00646. The number of rotatable bonds is 4. The van der Waals surface area contributed by atoms with Crippen LogP contribution in [-0.2, 0) is 4.79 Å². The molecular formula is C22H28FN3O2. The molecule has 2 aromatic rings. The number of ether oxygens (including phenoxy) is 1. The van der Waals surface area contributed by atoms with Crippen LogP contribution in [-0.4, -0.2) is 65.2 Å². The van der Waals surface area contributed by atoms with Crippen molar-refractivity contribution >= 4 is 16.8 Å². The number of nitrogens with zero attached hydrogens (tertiary/aromatic N) is 3. The maximum Gasteiger partial charge on any atom is 0.237 e. The largest absolute Gasteiger partial charge is 0.490 e. The number of amides is 1. The van der Waals surface area contributed by atoms with E-state index in [9.17, 15) is 9.18 Å². The Morgan fingerprint density at radius 3 is 2.79 bits per heavy atom. The molecule has 2 aliphatic rings. The summed E-state index contributed by atoms with van der Waals surface area (Å²) in [5.41, 5.74) is 2.13. The number of halogens is 1. The number of carbonyl (C=O) groups excluding carboxylic acids is 1. The first kappa shape index (κ1) is 19.1. The Labute approximate surface area is 165 Å². The zero-order chi connectivity index (χ0) is 19.7. The molecule has 28 heavy (non-hydrogen) atoms. The Bertz CT molecular complexity index is 851. The minimum atomic E-state index is -0.878. The molecule has 150 valence electrons. The summed E-state index contributed by atoms with van der Waals surface area (Å²) in [4.78, 5) is 20.8. The predicted molar refractivity (Wildman–Crippen MR) is 107 cm³/mol. The lowest BCUT2D eigenvalue weighted by molar-refractivity contribution is -0.133. The zero-order valence-corrected chi connectivity index (χ0v) is 16.6. The van der Waals surface area contributed by atoms with Crippen molar-refractivity contribution in [1.82, 2.24) is 14.8 Å². The number of pyridine rings is 1. The van der Waals surface area contributed by atoms with Crippen molar-refractivity contribution in [3.8, 4) is 5.75 Å². The number of hydrogen-bond donors (Lipinski definition) is 0. The van der Waals surface area contributed by atoms with Gasteiger partial charge in [0.05, 0.1) is 18.6 Å². The molecule has 1 aromatic heterocycles. The van der Waals surface area contributed by atoms with Crippen LogP contribution in [0.1, 0.15) is 31.7 Å². The second-order valence-corrected chi connectivity index (χ2v) is 8.15. The molecule has 0 N–H and O–H groups in total. The number of alkyl halides is 1. The van der Waals surface area contributed by atoms with Crippen LogP contribution in [0.4, 0.5) is 4.39 Å². The molecule has 3 heterocycles. The van der Waals surface area contributed by atoms with E-state index >= 15 is 0 Å². The number of carbonyl (C=O) groups is 1. The van der Waals surface area contributed by atoms with Crippen molar-refractivity contribution in [2.75, 3.05) is 26.2 Å². The Balaban J connectivity index is 1.32. The lowest BCUT2D eigenvalue weighted by atomic mass is 10.1. The van der Waals surface area contributed by atoms with Crippen LogP contribution in [0.5, 0.6) is 5.75 Å². The molecule has 1 aromatic carbocycles. The smallest absolute Gasteiger partial charge is 0.237 e. The molecular weight excluding hydrogens is 357 g/mol. The summed E-state index contributed by atoms with van der Waals surface area (Å²) in [7, 11) is 0. The average molecular weight is 385 g/mol. The first-order valence-electron chi connectivity index (χ1n) is 10.2. The number of benzene rings is 1. The number of piperidine rings is 1. The van der Waals surface area contributed by atoms with E-state index < -0.39 is 6.17 Å². The number of hydrogen-bond acceptors (Lipinski definition) is 4. The van der Waals surface area contributed by atoms with Crippen LogP contribution >= 0.6 is 0 Å². The van der Waals surface area contributed by atoms with Gasteiger partial charge in [0, 0.05) is 37.1 Å². The highest BCUT2D eigenvalue weighted by Crippen LogP contribution is 2.28. The molecule has 6 heteroatoms. The van der Waals surface area contributed by atoms with Gasteiger partial charge in [-0.2, -0.15) is 0 Å². The molecule has 0 spiro atoms. The Morgan fingerprint density at radius 1 is 1.29 bits per heavy atom. The first-order chi connectivity index (χ1) is 13.5. The summed E-state index contributed by atoms with van der Waals surface area (Å²) < 4.78 is 19.8. The van der Waals surface area contributed by atoms with Crippen LogP contribution in [0, 0.1) is 6.92 Å². The fourth-order valence-corrected chi connectivity index (χ4v) is 4.29. The molecule has 0 saturated carbocycles. The van der Waals surface area contributed by atoms with Gasteiger partial charge in [0.2, 0.25) is 5.91 Å². The molecule has 5 nitrogen and oxygen atoms in total. The summed E-state index contributed by atoms with van der Waals surface area (Å²) in [6, 6.07) is 8.14. The van der Waals surface area contributed by atoms with E-state index in [0.29, 0.717) is 13.0 Å². The standard InChI is InChI=1S/C22H28FN3O2/c1-15-3-4-19-20(11-15)24-8-5-21(19)28-18-6-9-25(10-7-18)14-22(27)26-13-17(23)12-16(26)2/h3-5,8,11,16-18H,6-7,9-10,12-14H2,1-2H3/t16-,17+/m1/s1. The van der Waals surface area contributed by atoms with Gasteiger partial charge in [-0.3, -0.25) is 14.7 Å². The number of aromatic nitrogens is 1. The summed E-state index contributed by atoms with van der Waals surface area (Å²) in [5, 5.41) is 1.04. The van der Waals surface area contributed by atoms with Gasteiger partial charge in [-0.25, -0.2) is 4.39 Å². The van der Waals surface area contributed by atoms with E-state index in [0.717, 1.165) is 42.6 Å². The molecule has 2 aliphatic heterocycles. The van der Waals surface area contributed by atoms with E-state index in [2.05, 4.69) is 35.0 Å². The molecule has 0 unspecified atom stereocenters. The van der Waals surface area contributed by atoms with E-state index in [-0.39, 0.29) is 24.6 Å². The van der Waals surface area contributed by atoms with Gasteiger partial charge in [0.25, 0.3) is 0 Å². The summed E-state index contributed by atoms with van der Waals surface area (Å²) >= 11 is 0. The van der Waals surface area contributed by atoms with Crippen LogP contribution < -0.4 is 4.74 Å². The zero-order valence-electron chi connectivity index (χ0n) is 16.6. The van der Waals surface area contributed by atoms with E-state index in [1.54, 1.807) is 11.1 Å². The first-order valence-corrected chi connectivity index (χ1v) is 10.2. The molecule has 1 amide bonds. The molecule has 0 aliphatic carbocycles. The molecule has 2 saturated heterocycles. The third kappa shape index (κ3) is 4.12. The fourth-order valence-electron chi connectivity index (χ4n) is 4.29. The second kappa shape index (κ2) is 8.03. The fraction of sp³-hybridized carbons (Fsp3) is 0.545. The molecule has 4 rings (SSSR count). The Morgan fingerprint density at radius 2 is 2.07 bits per heavy atom. The monoisotopic (exact) mass is 385 g/mol. The second-order valence-electron chi connectivity index (χ2n) is 8.15. The van der Waals surface area contributed by atoms with E-state index in [4.69, 9.17) is 4.74 Å². The van der Waals surface area contributed by atoms with Crippen LogP contribution in [0.25, 0.3) is 10.9 Å². The lowest BCUT2D eigenvalue weighted by Crippen LogP contribution is -2.46. The van der Waals surface area contributed by atoms with Crippen LogP contribution in [0.3, 0.4) is 0 Å². The number of likely N-dealkylation sites (tertiary alicyclic amines) is 2. The predicted octanol–water partition coefficient (Wildman–Crippen LogP) is 3.35. The van der Waals surface area contributed by atoms with Crippen molar-refractivity contribution in [3.05, 3.63) is 36.0 Å². The van der Waals surface area contributed by atoms with Gasteiger partial charge >= 0.3 is 0 Å². The van der Waals surface area contributed by atoms with Crippen LogP contribution in [0.15, 0.2) is 30.5 Å². The topological polar surface area (TPSA) is 45.7 Å². The van der Waals surface area contributed by atoms with Gasteiger partial charge in [0.15, 0.2) is 0 Å². The normalized spacial score (nSPS) is 24.0. The summed E-state index contributed by atoms with van der Waals surface area (Å²) in [5.74, 6) is 0.918. The summed E-state index contributed by atoms with van der Waals surface area (Å²) in [6.45, 7) is 6.25. The lowest BCUT2D eigenvalue weighted by Gasteiger charge is -2.33. The average Bonchev–Trinajstić information content (AvgIpc) is 3.01. The van der Waals surface area contributed by atoms with Gasteiger partial charge in [-0.1, -0.05) is 6.07 Å². The van der Waals surface area contributed by atoms with E-state index in [1.807, 2.05) is 13.0 Å². The van der Waals surface area contributed by atoms with Gasteiger partial charge in [-0.05, 0) is 50.5 Å². The maximum absolute atomic E-state index is 13.5. The highest BCUT2D eigenvalue weighted by molar-refractivity contribution is 5.85. The Hall–Kier alpha value is -2.21. The Kier molecular flexibility index (Phi) is 5.49. The number of aryl methyl sites for hydroxylation is 1. The van der Waals surface area contributed by atoms with Crippen LogP contribution in [0.2, 0.25) is 0 Å². The maximum atomic E-state index is 13.5. The molecule has 2 fully saturated rings. The third-order valence-electron chi connectivity index (χ3n) is 5.89. The quantitative estimate of drug-likeness (QED) is 0.810. The van der Waals surface area contributed by atoms with Crippen molar-refractivity contribution < 1.29 is 13.9 Å². The highest BCUT2D eigenvalue weighted by Gasteiger charge is 2.33. The SMILES string of the molecule is Cc1ccc2c(OC3CCN(CC(=O)N4C[C@@H](F)C[C@H]4C)CC3)ccnc2c1. The number of fused-ring (bicyclic) bond motifs is 1. The van der Waals surface area contributed by atoms with Crippen molar-refractivity contribution in [2.45, 2.75) is 51.4 Å². The van der Waals surface area contributed by atoms with Gasteiger partial charge < -0.3 is 9.64 Å². The van der Waals surface area contributed by atoms with Crippen molar-refractivity contribution in [3.63, 3.8) is 0 Å². The molecule has 0 bridgehead atoms. The molecule has 0 radical (unpaired) electrons. The van der Waals surface area contributed by atoms with Crippen molar-refractivity contribution in [2.24, 2.45) is 0 Å². The van der Waals surface area contributed by atoms with Gasteiger partial charge in [-0.15, -0.1) is 0 Å². The minimum Gasteiger partial charge on any atom is -0.490 e. The van der Waals surface area contributed by atoms with Gasteiger partial charge in [0.1, 0.15) is 18.0 Å². The molecule has 2 atom stereocenters. The van der Waals surface area contributed by atoms with Crippen molar-refractivity contribution in [1.29, 1.82) is 0 Å². The third-order valence-corrected chi connectivity index (χ3v) is 5.89.